The molecule has 0 aliphatic carbocycles. The van der Waals surface area contributed by atoms with Crippen molar-refractivity contribution in [2.24, 2.45) is 0 Å². The molecule has 6 heteroatoms. The van der Waals surface area contributed by atoms with Gasteiger partial charge < -0.3 is 19.7 Å². The number of fused-ring (bicyclic) bond motifs is 1. The van der Waals surface area contributed by atoms with Crippen LogP contribution >= 0.6 is 0 Å². The fourth-order valence-electron chi connectivity index (χ4n) is 3.74. The molecule has 4 rings (SSSR count). The van der Waals surface area contributed by atoms with E-state index in [2.05, 4.69) is 46.3 Å². The van der Waals surface area contributed by atoms with Crippen molar-refractivity contribution in [3.8, 4) is 11.5 Å². The van der Waals surface area contributed by atoms with Gasteiger partial charge in [0.25, 0.3) is 0 Å². The Kier molecular flexibility index (Phi) is 5.81. The third kappa shape index (κ3) is 4.43. The maximum Gasteiger partial charge on any atom is 0.162 e. The quantitative estimate of drug-likeness (QED) is 0.675. The first-order valence-electron chi connectivity index (χ1n) is 10.1. The summed E-state index contributed by atoms with van der Waals surface area (Å²) in [6.07, 6.45) is 3.80. The van der Waals surface area contributed by atoms with Crippen molar-refractivity contribution in [2.45, 2.75) is 31.9 Å². The summed E-state index contributed by atoms with van der Waals surface area (Å²) in [6, 6.07) is 14.4. The Morgan fingerprint density at radius 3 is 2.55 bits per heavy atom. The lowest BCUT2D eigenvalue weighted by Gasteiger charge is -2.29. The Bertz CT molecular complexity index is 956. The van der Waals surface area contributed by atoms with Crippen molar-refractivity contribution in [1.82, 2.24) is 14.9 Å². The van der Waals surface area contributed by atoms with Crippen LogP contribution in [0.25, 0.3) is 10.9 Å². The summed E-state index contributed by atoms with van der Waals surface area (Å²) in [6.45, 7) is 4.22. The van der Waals surface area contributed by atoms with Gasteiger partial charge in [0.15, 0.2) is 11.5 Å². The van der Waals surface area contributed by atoms with Crippen LogP contribution in [0.3, 0.4) is 0 Å². The Balaban J connectivity index is 1.63. The number of aromatic nitrogens is 2. The van der Waals surface area contributed by atoms with Gasteiger partial charge in [0.2, 0.25) is 0 Å². The number of benzene rings is 2. The Morgan fingerprint density at radius 2 is 1.83 bits per heavy atom. The zero-order valence-electron chi connectivity index (χ0n) is 17.3. The third-order valence-electron chi connectivity index (χ3n) is 5.53. The predicted molar refractivity (Wildman–Crippen MR) is 116 cm³/mol. The molecule has 6 nitrogen and oxygen atoms in total. The smallest absolute Gasteiger partial charge is 0.162 e. The van der Waals surface area contributed by atoms with Gasteiger partial charge in [-0.1, -0.05) is 30.3 Å². The molecule has 1 saturated heterocycles. The Labute approximate surface area is 171 Å². The van der Waals surface area contributed by atoms with E-state index in [1.54, 1.807) is 13.4 Å². The number of piperidine rings is 1. The molecule has 2 heterocycles. The Morgan fingerprint density at radius 1 is 1.07 bits per heavy atom. The highest BCUT2D eigenvalue weighted by Gasteiger charge is 2.21. The molecule has 1 fully saturated rings. The van der Waals surface area contributed by atoms with E-state index in [4.69, 9.17) is 9.47 Å². The van der Waals surface area contributed by atoms with Crippen LogP contribution in [0.1, 0.15) is 31.4 Å². The van der Waals surface area contributed by atoms with Gasteiger partial charge in [0, 0.05) is 30.6 Å². The van der Waals surface area contributed by atoms with Crippen molar-refractivity contribution in [3.63, 3.8) is 0 Å². The number of nitrogens with one attached hydrogen (secondary N) is 1. The molecule has 2 aromatic carbocycles. The van der Waals surface area contributed by atoms with Crippen LogP contribution in [-0.2, 0) is 0 Å². The summed E-state index contributed by atoms with van der Waals surface area (Å²) in [5, 5.41) is 4.45. The highest BCUT2D eigenvalue weighted by Crippen LogP contribution is 2.36. The van der Waals surface area contributed by atoms with Gasteiger partial charge in [-0.05, 0) is 38.4 Å². The van der Waals surface area contributed by atoms with Crippen LogP contribution in [0, 0.1) is 0 Å². The summed E-state index contributed by atoms with van der Waals surface area (Å²) in [5.74, 6) is 2.25. The van der Waals surface area contributed by atoms with Gasteiger partial charge in [-0.15, -0.1) is 0 Å². The molecule has 0 spiro atoms. The first kappa shape index (κ1) is 19.5. The molecule has 1 aliphatic heterocycles. The second-order valence-electron chi connectivity index (χ2n) is 7.64. The molecule has 1 aromatic heterocycles. The number of nitrogens with zero attached hydrogens (tertiary/aromatic N) is 3. The van der Waals surface area contributed by atoms with Crippen molar-refractivity contribution in [2.75, 3.05) is 32.6 Å². The molecule has 1 aliphatic rings. The van der Waals surface area contributed by atoms with Crippen LogP contribution in [0.4, 0.5) is 5.82 Å². The minimum absolute atomic E-state index is 0.120. The minimum Gasteiger partial charge on any atom is -0.493 e. The molecular weight excluding hydrogens is 364 g/mol. The van der Waals surface area contributed by atoms with E-state index in [1.165, 1.54) is 5.56 Å². The molecule has 3 aromatic rings. The lowest BCUT2D eigenvalue weighted by Crippen LogP contribution is -2.35. The first-order chi connectivity index (χ1) is 14.1. The summed E-state index contributed by atoms with van der Waals surface area (Å²) in [4.78, 5) is 11.3. The van der Waals surface area contributed by atoms with E-state index in [9.17, 15) is 0 Å². The second-order valence-corrected chi connectivity index (χ2v) is 7.64. The normalized spacial score (nSPS) is 16.5. The molecule has 1 atom stereocenters. The molecular formula is C23H28N4O2. The highest BCUT2D eigenvalue weighted by atomic mass is 16.5. The van der Waals surface area contributed by atoms with Gasteiger partial charge in [-0.25, -0.2) is 9.97 Å². The monoisotopic (exact) mass is 392 g/mol. The maximum absolute atomic E-state index is 6.34. The van der Waals surface area contributed by atoms with Gasteiger partial charge in [0.05, 0.1) is 12.6 Å². The van der Waals surface area contributed by atoms with Crippen molar-refractivity contribution >= 4 is 16.7 Å². The van der Waals surface area contributed by atoms with Crippen LogP contribution < -0.4 is 14.8 Å². The Hall–Kier alpha value is -2.86. The molecule has 1 N–H and O–H groups in total. The van der Waals surface area contributed by atoms with Crippen LogP contribution in [0.15, 0.2) is 48.8 Å². The van der Waals surface area contributed by atoms with Crippen molar-refractivity contribution < 1.29 is 9.47 Å². The largest absolute Gasteiger partial charge is 0.493 e. The third-order valence-corrected chi connectivity index (χ3v) is 5.53. The standard InChI is InChI=1S/C23H28N4O2/c1-16(17-7-5-4-6-8-17)26-23-19-13-22(29-18-9-11-27(2)12-10-18)21(28-3)14-20(19)24-15-25-23/h4-8,13-16,18H,9-12H2,1-3H3,(H,24,25,26). The molecule has 0 radical (unpaired) electrons. The summed E-state index contributed by atoms with van der Waals surface area (Å²) >= 11 is 0. The maximum atomic E-state index is 6.34. The van der Waals surface area contributed by atoms with E-state index >= 15 is 0 Å². The number of likely N-dealkylation sites (tertiary alicyclic amines) is 1. The number of ether oxygens (including phenoxy) is 2. The van der Waals surface area contributed by atoms with E-state index in [1.807, 2.05) is 30.3 Å². The van der Waals surface area contributed by atoms with E-state index in [-0.39, 0.29) is 12.1 Å². The number of hydrogen-bond acceptors (Lipinski definition) is 6. The first-order valence-corrected chi connectivity index (χ1v) is 10.1. The SMILES string of the molecule is COc1cc2ncnc(NC(C)c3ccccc3)c2cc1OC1CCN(C)CC1. The van der Waals surface area contributed by atoms with Gasteiger partial charge in [-0.2, -0.15) is 0 Å². The van der Waals surface area contributed by atoms with Gasteiger partial charge in [0.1, 0.15) is 18.2 Å². The van der Waals surface area contributed by atoms with Crippen LogP contribution in [0.2, 0.25) is 0 Å². The van der Waals surface area contributed by atoms with Gasteiger partial charge >= 0.3 is 0 Å². The molecule has 1 unspecified atom stereocenters. The van der Waals surface area contributed by atoms with E-state index in [0.717, 1.165) is 48.4 Å². The average molecular weight is 393 g/mol. The lowest BCUT2D eigenvalue weighted by atomic mass is 10.1. The van der Waals surface area contributed by atoms with Crippen LogP contribution in [0.5, 0.6) is 11.5 Å². The topological polar surface area (TPSA) is 59.5 Å². The van der Waals surface area contributed by atoms with E-state index < -0.39 is 0 Å². The zero-order chi connectivity index (χ0) is 20.2. The molecule has 0 saturated carbocycles. The van der Waals surface area contributed by atoms with Crippen molar-refractivity contribution in [3.05, 3.63) is 54.4 Å². The summed E-state index contributed by atoms with van der Waals surface area (Å²) in [7, 11) is 3.82. The summed E-state index contributed by atoms with van der Waals surface area (Å²) < 4.78 is 11.9. The molecule has 0 amide bonds. The second kappa shape index (κ2) is 8.66. The van der Waals surface area contributed by atoms with Crippen LogP contribution in [-0.4, -0.2) is 48.2 Å². The predicted octanol–water partition coefficient (Wildman–Crippen LogP) is 4.28. The minimum atomic E-state index is 0.120. The number of methoxy groups -OCH3 is 1. The highest BCUT2D eigenvalue weighted by molar-refractivity contribution is 5.91. The number of hydrogen-bond donors (Lipinski definition) is 1. The average Bonchev–Trinajstić information content (AvgIpc) is 2.76. The number of rotatable bonds is 6. The number of anilines is 1. The molecule has 29 heavy (non-hydrogen) atoms. The molecule has 0 bridgehead atoms. The zero-order valence-corrected chi connectivity index (χ0v) is 17.3. The molecule has 152 valence electrons. The fourth-order valence-corrected chi connectivity index (χ4v) is 3.74. The van der Waals surface area contributed by atoms with Crippen molar-refractivity contribution in [1.29, 1.82) is 0 Å². The summed E-state index contributed by atoms with van der Waals surface area (Å²) in [5.41, 5.74) is 2.03. The van der Waals surface area contributed by atoms with Gasteiger partial charge in [-0.3, -0.25) is 0 Å². The fraction of sp³-hybridized carbons (Fsp3) is 0.391. The lowest BCUT2D eigenvalue weighted by molar-refractivity contribution is 0.111. The van der Waals surface area contributed by atoms with E-state index in [0.29, 0.717) is 5.75 Å².